The van der Waals surface area contributed by atoms with E-state index in [9.17, 15) is 0 Å². The number of benzene rings is 1. The molecule has 2 aliphatic heterocycles. The van der Waals surface area contributed by atoms with Gasteiger partial charge in [-0.2, -0.15) is 0 Å². The van der Waals surface area contributed by atoms with Crippen molar-refractivity contribution in [1.29, 1.82) is 0 Å². The minimum absolute atomic E-state index is 0.350. The number of piperidine rings is 1. The summed E-state index contributed by atoms with van der Waals surface area (Å²) in [6.45, 7) is 6.21. The lowest BCUT2D eigenvalue weighted by atomic mass is 9.85. The van der Waals surface area contributed by atoms with Crippen LogP contribution < -0.4 is 11.5 Å². The van der Waals surface area contributed by atoms with Crippen molar-refractivity contribution in [3.8, 4) is 0 Å². The zero-order valence-electron chi connectivity index (χ0n) is 13.3. The first kappa shape index (κ1) is 15.0. The van der Waals surface area contributed by atoms with Gasteiger partial charge in [0.15, 0.2) is 0 Å². The number of nitrogens with zero attached hydrogens (tertiary/aromatic N) is 2. The molecule has 1 aromatic rings. The standard InChI is InChI=1S/C17H28N4/c1-12-4-3-5-14-15(10-18)20(2)11-16(17(12)14)21-8-6-13(19)7-9-21/h3-5,13,15-16H,6-11,18-19H2,1-2H3. The molecule has 3 rings (SSSR count). The Morgan fingerprint density at radius 3 is 2.62 bits per heavy atom. The molecular weight excluding hydrogens is 260 g/mol. The summed E-state index contributed by atoms with van der Waals surface area (Å²) in [6.07, 6.45) is 2.23. The first-order valence-electron chi connectivity index (χ1n) is 8.11. The average molecular weight is 288 g/mol. The number of likely N-dealkylation sites (tertiary alicyclic amines) is 1. The molecule has 2 atom stereocenters. The first-order valence-corrected chi connectivity index (χ1v) is 8.11. The van der Waals surface area contributed by atoms with E-state index in [0.717, 1.165) is 32.5 Å². The van der Waals surface area contributed by atoms with Gasteiger partial charge in [-0.15, -0.1) is 0 Å². The predicted octanol–water partition coefficient (Wildman–Crippen LogP) is 1.40. The summed E-state index contributed by atoms with van der Waals surface area (Å²) in [5.41, 5.74) is 16.4. The quantitative estimate of drug-likeness (QED) is 0.864. The maximum absolute atomic E-state index is 6.07. The summed E-state index contributed by atoms with van der Waals surface area (Å²) in [6, 6.07) is 7.89. The topological polar surface area (TPSA) is 58.5 Å². The Morgan fingerprint density at radius 1 is 1.24 bits per heavy atom. The van der Waals surface area contributed by atoms with Gasteiger partial charge < -0.3 is 11.5 Å². The van der Waals surface area contributed by atoms with Gasteiger partial charge in [0.25, 0.3) is 0 Å². The van der Waals surface area contributed by atoms with Crippen molar-refractivity contribution in [2.45, 2.75) is 37.9 Å². The van der Waals surface area contributed by atoms with Crippen molar-refractivity contribution in [1.82, 2.24) is 9.80 Å². The molecule has 2 unspecified atom stereocenters. The lowest BCUT2D eigenvalue weighted by Gasteiger charge is -2.45. The van der Waals surface area contributed by atoms with Gasteiger partial charge in [-0.25, -0.2) is 0 Å². The molecule has 1 fully saturated rings. The zero-order valence-corrected chi connectivity index (χ0v) is 13.3. The molecule has 0 saturated carbocycles. The fraction of sp³-hybridized carbons (Fsp3) is 0.647. The van der Waals surface area contributed by atoms with Gasteiger partial charge in [-0.3, -0.25) is 9.80 Å². The monoisotopic (exact) mass is 288 g/mol. The molecule has 4 heteroatoms. The molecule has 2 aliphatic rings. The largest absolute Gasteiger partial charge is 0.329 e. The fourth-order valence-corrected chi connectivity index (χ4v) is 4.01. The number of hydrogen-bond donors (Lipinski definition) is 2. The van der Waals surface area contributed by atoms with Gasteiger partial charge in [0.05, 0.1) is 0 Å². The van der Waals surface area contributed by atoms with E-state index >= 15 is 0 Å². The van der Waals surface area contributed by atoms with Gasteiger partial charge >= 0.3 is 0 Å². The molecule has 116 valence electrons. The highest BCUT2D eigenvalue weighted by Gasteiger charge is 2.35. The van der Waals surface area contributed by atoms with E-state index in [2.05, 4.69) is 42.0 Å². The minimum atomic E-state index is 0.350. The van der Waals surface area contributed by atoms with Crippen LogP contribution in [0, 0.1) is 6.92 Å². The van der Waals surface area contributed by atoms with Crippen molar-refractivity contribution in [3.05, 3.63) is 34.9 Å². The molecule has 1 saturated heterocycles. The predicted molar refractivity (Wildman–Crippen MR) is 87.1 cm³/mol. The van der Waals surface area contributed by atoms with E-state index < -0.39 is 0 Å². The van der Waals surface area contributed by atoms with Gasteiger partial charge in [0, 0.05) is 44.3 Å². The second kappa shape index (κ2) is 6.05. The van der Waals surface area contributed by atoms with Gasteiger partial charge in [-0.1, -0.05) is 18.2 Å². The van der Waals surface area contributed by atoms with Gasteiger partial charge in [-0.05, 0) is 43.5 Å². The van der Waals surface area contributed by atoms with Crippen LogP contribution in [0.2, 0.25) is 0 Å². The van der Waals surface area contributed by atoms with Crippen LogP contribution in [0.25, 0.3) is 0 Å². The molecule has 2 heterocycles. The van der Waals surface area contributed by atoms with Crippen LogP contribution in [0.3, 0.4) is 0 Å². The normalized spacial score (nSPS) is 28.6. The lowest BCUT2D eigenvalue weighted by Crippen LogP contribution is -2.48. The van der Waals surface area contributed by atoms with Crippen LogP contribution in [-0.2, 0) is 0 Å². The summed E-state index contributed by atoms with van der Waals surface area (Å²) in [4.78, 5) is 5.04. The maximum atomic E-state index is 6.07. The van der Waals surface area contributed by atoms with E-state index in [1.54, 1.807) is 0 Å². The molecule has 21 heavy (non-hydrogen) atoms. The third-order valence-corrected chi connectivity index (χ3v) is 5.28. The molecule has 0 aromatic heterocycles. The van der Waals surface area contributed by atoms with E-state index in [4.69, 9.17) is 11.5 Å². The number of nitrogens with two attached hydrogens (primary N) is 2. The van der Waals surface area contributed by atoms with Crippen LogP contribution >= 0.6 is 0 Å². The van der Waals surface area contributed by atoms with Crippen LogP contribution in [0.1, 0.15) is 41.6 Å². The highest BCUT2D eigenvalue weighted by atomic mass is 15.2. The summed E-state index contributed by atoms with van der Waals surface area (Å²) < 4.78 is 0. The number of likely N-dealkylation sites (N-methyl/N-ethyl adjacent to an activating group) is 1. The Morgan fingerprint density at radius 2 is 1.95 bits per heavy atom. The summed E-state index contributed by atoms with van der Waals surface area (Å²) in [5.74, 6) is 0. The Bertz CT molecular complexity index is 494. The summed E-state index contributed by atoms with van der Waals surface area (Å²) in [5, 5.41) is 0. The Labute approximate surface area is 128 Å². The molecule has 0 bridgehead atoms. The molecule has 0 aliphatic carbocycles. The van der Waals surface area contributed by atoms with E-state index in [0.29, 0.717) is 24.7 Å². The summed E-state index contributed by atoms with van der Waals surface area (Å²) in [7, 11) is 2.20. The Balaban J connectivity index is 1.95. The first-order chi connectivity index (χ1) is 10.1. The fourth-order valence-electron chi connectivity index (χ4n) is 4.01. The number of fused-ring (bicyclic) bond motifs is 1. The Kier molecular flexibility index (Phi) is 4.31. The highest BCUT2D eigenvalue weighted by molar-refractivity contribution is 5.41. The SMILES string of the molecule is Cc1cccc2c1C(N1CCC(N)CC1)CN(C)C2CN. The maximum Gasteiger partial charge on any atom is 0.0481 e. The van der Waals surface area contributed by atoms with Crippen LogP contribution in [-0.4, -0.2) is 49.1 Å². The molecule has 0 amide bonds. The number of hydrogen-bond acceptors (Lipinski definition) is 4. The van der Waals surface area contributed by atoms with Crippen molar-refractivity contribution >= 4 is 0 Å². The minimum Gasteiger partial charge on any atom is -0.329 e. The van der Waals surface area contributed by atoms with Crippen molar-refractivity contribution < 1.29 is 0 Å². The molecule has 0 radical (unpaired) electrons. The van der Waals surface area contributed by atoms with Crippen molar-refractivity contribution in [3.63, 3.8) is 0 Å². The van der Waals surface area contributed by atoms with Crippen LogP contribution in [0.4, 0.5) is 0 Å². The van der Waals surface area contributed by atoms with Crippen LogP contribution in [0.5, 0.6) is 0 Å². The van der Waals surface area contributed by atoms with Crippen molar-refractivity contribution in [2.24, 2.45) is 11.5 Å². The average Bonchev–Trinajstić information content (AvgIpc) is 2.47. The number of rotatable bonds is 2. The molecule has 1 aromatic carbocycles. The zero-order chi connectivity index (χ0) is 15.0. The highest BCUT2D eigenvalue weighted by Crippen LogP contribution is 2.39. The molecular formula is C17H28N4. The third-order valence-electron chi connectivity index (χ3n) is 5.28. The summed E-state index contributed by atoms with van der Waals surface area (Å²) >= 11 is 0. The molecule has 4 nitrogen and oxygen atoms in total. The van der Waals surface area contributed by atoms with Crippen LogP contribution in [0.15, 0.2) is 18.2 Å². The van der Waals surface area contributed by atoms with E-state index in [1.165, 1.54) is 16.7 Å². The second-order valence-corrected chi connectivity index (χ2v) is 6.66. The van der Waals surface area contributed by atoms with Crippen molar-refractivity contribution in [2.75, 3.05) is 33.2 Å². The molecule has 0 spiro atoms. The van der Waals surface area contributed by atoms with E-state index in [1.807, 2.05) is 0 Å². The second-order valence-electron chi connectivity index (χ2n) is 6.66. The van der Waals surface area contributed by atoms with Gasteiger partial charge in [0.2, 0.25) is 0 Å². The van der Waals surface area contributed by atoms with E-state index in [-0.39, 0.29) is 0 Å². The number of aryl methyl sites for hydroxylation is 1. The third kappa shape index (κ3) is 2.73. The smallest absolute Gasteiger partial charge is 0.0481 e. The lowest BCUT2D eigenvalue weighted by molar-refractivity contribution is 0.0903. The molecule has 4 N–H and O–H groups in total. The Hall–Kier alpha value is -0.940. The van der Waals surface area contributed by atoms with Gasteiger partial charge in [0.1, 0.15) is 0 Å².